The molecule has 3 nitrogen and oxygen atoms in total. The maximum atomic E-state index is 11.4. The molecule has 0 spiro atoms. The second-order valence-electron chi connectivity index (χ2n) is 3.17. The first kappa shape index (κ1) is 13.8. The predicted molar refractivity (Wildman–Crippen MR) is 64.0 cm³/mol. The van der Waals surface area contributed by atoms with Crippen molar-refractivity contribution in [2.24, 2.45) is 0 Å². The number of ether oxygens (including phenoxy) is 1. The summed E-state index contributed by atoms with van der Waals surface area (Å²) in [7, 11) is 3.87. The average molecular weight is 230 g/mol. The number of hydrogen-bond donors (Lipinski definition) is 0. The zero-order chi connectivity index (χ0) is 10.6. The van der Waals surface area contributed by atoms with Crippen LogP contribution in [-0.2, 0) is 4.74 Å². The molecule has 0 unspecified atom stereocenters. The highest BCUT2D eigenvalue weighted by atomic mass is 35.5. The molecule has 0 aliphatic heterocycles. The van der Waals surface area contributed by atoms with Crippen molar-refractivity contribution in [2.75, 3.05) is 25.6 Å². The smallest absolute Gasteiger partial charge is 0.338 e. The Hall–Kier alpha value is -1.22. The monoisotopic (exact) mass is 229 g/mol. The topological polar surface area (TPSA) is 29.5 Å². The lowest BCUT2D eigenvalue weighted by atomic mass is 10.2. The summed E-state index contributed by atoms with van der Waals surface area (Å²) < 4.78 is 4.91. The number of nitrogens with zero attached hydrogens (tertiary/aromatic N) is 1. The second-order valence-corrected chi connectivity index (χ2v) is 3.17. The molecule has 0 atom stereocenters. The Bertz CT molecular complexity index is 326. The van der Waals surface area contributed by atoms with Crippen molar-refractivity contribution in [3.63, 3.8) is 0 Å². The van der Waals surface area contributed by atoms with Crippen LogP contribution in [0.3, 0.4) is 0 Å². The largest absolute Gasteiger partial charge is 0.462 e. The van der Waals surface area contributed by atoms with E-state index in [9.17, 15) is 4.79 Å². The normalized spacial score (nSPS) is 9.00. The minimum absolute atomic E-state index is 0. The number of benzene rings is 1. The number of hydrogen-bond acceptors (Lipinski definition) is 3. The molecule has 0 aliphatic carbocycles. The van der Waals surface area contributed by atoms with Gasteiger partial charge in [-0.1, -0.05) is 6.07 Å². The van der Waals surface area contributed by atoms with Crippen LogP contribution in [0.1, 0.15) is 17.3 Å². The first-order valence-electron chi connectivity index (χ1n) is 4.59. The quantitative estimate of drug-likeness (QED) is 0.746. The van der Waals surface area contributed by atoms with Gasteiger partial charge in [-0.3, -0.25) is 0 Å². The molecule has 0 heterocycles. The number of esters is 1. The first-order valence-corrected chi connectivity index (χ1v) is 4.59. The molecular weight excluding hydrogens is 214 g/mol. The Balaban J connectivity index is 0.00000196. The van der Waals surface area contributed by atoms with Gasteiger partial charge in [0.25, 0.3) is 0 Å². The molecule has 1 aromatic rings. The van der Waals surface area contributed by atoms with Gasteiger partial charge < -0.3 is 9.64 Å². The summed E-state index contributed by atoms with van der Waals surface area (Å²) in [5, 5.41) is 0. The van der Waals surface area contributed by atoms with E-state index in [2.05, 4.69) is 0 Å². The van der Waals surface area contributed by atoms with Crippen molar-refractivity contribution in [3.8, 4) is 0 Å². The second kappa shape index (κ2) is 6.30. The highest BCUT2D eigenvalue weighted by Gasteiger charge is 2.06. The molecule has 0 N–H and O–H groups in total. The summed E-state index contributed by atoms with van der Waals surface area (Å²) in [6.45, 7) is 2.21. The van der Waals surface area contributed by atoms with Crippen LogP contribution in [0.15, 0.2) is 24.3 Å². The molecule has 0 saturated carbocycles. The molecule has 4 heteroatoms. The van der Waals surface area contributed by atoms with E-state index in [0.29, 0.717) is 12.2 Å². The van der Waals surface area contributed by atoms with Gasteiger partial charge in [0.05, 0.1) is 12.2 Å². The summed E-state index contributed by atoms with van der Waals surface area (Å²) >= 11 is 0. The van der Waals surface area contributed by atoms with Crippen LogP contribution in [0.4, 0.5) is 5.69 Å². The van der Waals surface area contributed by atoms with Gasteiger partial charge in [0.2, 0.25) is 0 Å². The van der Waals surface area contributed by atoms with Gasteiger partial charge in [0.15, 0.2) is 0 Å². The zero-order valence-corrected chi connectivity index (χ0v) is 10.0. The van der Waals surface area contributed by atoms with E-state index in [4.69, 9.17) is 4.74 Å². The Morgan fingerprint density at radius 3 is 2.60 bits per heavy atom. The number of halogens is 1. The zero-order valence-electron chi connectivity index (χ0n) is 9.19. The fourth-order valence-electron chi connectivity index (χ4n) is 1.13. The van der Waals surface area contributed by atoms with Gasteiger partial charge in [-0.15, -0.1) is 12.4 Å². The van der Waals surface area contributed by atoms with Gasteiger partial charge in [-0.2, -0.15) is 0 Å². The van der Waals surface area contributed by atoms with E-state index in [-0.39, 0.29) is 18.4 Å². The lowest BCUT2D eigenvalue weighted by Crippen LogP contribution is -2.10. The van der Waals surface area contributed by atoms with Crippen LogP contribution in [0, 0.1) is 0 Å². The lowest BCUT2D eigenvalue weighted by molar-refractivity contribution is 0.0526. The van der Waals surface area contributed by atoms with E-state index in [1.54, 1.807) is 13.0 Å². The van der Waals surface area contributed by atoms with Crippen LogP contribution in [0.2, 0.25) is 0 Å². The van der Waals surface area contributed by atoms with Gasteiger partial charge >= 0.3 is 5.97 Å². The van der Waals surface area contributed by atoms with Gasteiger partial charge in [-0.05, 0) is 25.1 Å². The molecule has 0 aliphatic rings. The van der Waals surface area contributed by atoms with E-state index in [1.165, 1.54) is 0 Å². The molecule has 0 amide bonds. The maximum absolute atomic E-state index is 11.4. The van der Waals surface area contributed by atoms with E-state index in [0.717, 1.165) is 5.69 Å². The molecule has 1 aromatic carbocycles. The summed E-state index contributed by atoms with van der Waals surface area (Å²) in [5.41, 5.74) is 1.59. The molecule has 15 heavy (non-hydrogen) atoms. The molecule has 0 aromatic heterocycles. The van der Waals surface area contributed by atoms with Crippen molar-refractivity contribution >= 4 is 24.1 Å². The number of anilines is 1. The number of carbonyl (C=O) groups excluding carboxylic acids is 1. The van der Waals surface area contributed by atoms with Crippen LogP contribution < -0.4 is 4.90 Å². The van der Waals surface area contributed by atoms with Crippen molar-refractivity contribution < 1.29 is 9.53 Å². The van der Waals surface area contributed by atoms with Crippen LogP contribution in [-0.4, -0.2) is 26.7 Å². The van der Waals surface area contributed by atoms with E-state index < -0.39 is 0 Å². The molecule has 0 radical (unpaired) electrons. The SMILES string of the molecule is CCOC(=O)c1cccc(N(C)C)c1.Cl. The number of carbonyl (C=O) groups is 1. The first-order chi connectivity index (χ1) is 6.65. The Morgan fingerprint density at radius 2 is 2.07 bits per heavy atom. The molecular formula is C11H16ClNO2. The Morgan fingerprint density at radius 1 is 1.40 bits per heavy atom. The molecule has 1 rings (SSSR count). The van der Waals surface area contributed by atoms with E-state index >= 15 is 0 Å². The van der Waals surface area contributed by atoms with Crippen LogP contribution >= 0.6 is 12.4 Å². The molecule has 84 valence electrons. The van der Waals surface area contributed by atoms with Gasteiger partial charge in [0, 0.05) is 19.8 Å². The van der Waals surface area contributed by atoms with Crippen LogP contribution in [0.25, 0.3) is 0 Å². The van der Waals surface area contributed by atoms with Gasteiger partial charge in [0.1, 0.15) is 0 Å². The molecule has 0 fully saturated rings. The third kappa shape index (κ3) is 3.80. The minimum Gasteiger partial charge on any atom is -0.462 e. The number of rotatable bonds is 3. The summed E-state index contributed by atoms with van der Waals surface area (Å²) in [4.78, 5) is 13.3. The fourth-order valence-corrected chi connectivity index (χ4v) is 1.13. The summed E-state index contributed by atoms with van der Waals surface area (Å²) in [5.74, 6) is -0.267. The van der Waals surface area contributed by atoms with E-state index in [1.807, 2.05) is 37.2 Å². The van der Waals surface area contributed by atoms with Crippen molar-refractivity contribution in [3.05, 3.63) is 29.8 Å². The standard InChI is InChI=1S/C11H15NO2.ClH/c1-4-14-11(13)9-6-5-7-10(8-9)12(2)3;/h5-8H,4H2,1-3H3;1H. The minimum atomic E-state index is -0.267. The van der Waals surface area contributed by atoms with Crippen molar-refractivity contribution in [1.82, 2.24) is 0 Å². The highest BCUT2D eigenvalue weighted by Crippen LogP contribution is 2.13. The molecule has 0 bridgehead atoms. The predicted octanol–water partition coefficient (Wildman–Crippen LogP) is 2.35. The van der Waals surface area contributed by atoms with Crippen LogP contribution in [0.5, 0.6) is 0 Å². The third-order valence-electron chi connectivity index (χ3n) is 1.87. The fraction of sp³-hybridized carbons (Fsp3) is 0.364. The third-order valence-corrected chi connectivity index (χ3v) is 1.87. The highest BCUT2D eigenvalue weighted by molar-refractivity contribution is 5.90. The molecule has 0 saturated heterocycles. The van der Waals surface area contributed by atoms with Crippen molar-refractivity contribution in [2.45, 2.75) is 6.92 Å². The maximum Gasteiger partial charge on any atom is 0.338 e. The summed E-state index contributed by atoms with van der Waals surface area (Å²) in [6, 6.07) is 7.37. The van der Waals surface area contributed by atoms with Crippen molar-refractivity contribution in [1.29, 1.82) is 0 Å². The summed E-state index contributed by atoms with van der Waals surface area (Å²) in [6.07, 6.45) is 0. The Labute approximate surface area is 96.4 Å². The average Bonchev–Trinajstić information content (AvgIpc) is 2.18. The van der Waals surface area contributed by atoms with Gasteiger partial charge in [-0.25, -0.2) is 4.79 Å². The lowest BCUT2D eigenvalue weighted by Gasteiger charge is -2.12. The Kier molecular flexibility index (Phi) is 5.79.